The number of nitrogens with zero attached hydrogens (tertiary/aromatic N) is 1. The van der Waals surface area contributed by atoms with Crippen molar-refractivity contribution in [3.63, 3.8) is 0 Å². The first-order chi connectivity index (χ1) is 14.6. The van der Waals surface area contributed by atoms with Gasteiger partial charge < -0.3 is 10.6 Å². The Morgan fingerprint density at radius 3 is 2.42 bits per heavy atom. The van der Waals surface area contributed by atoms with Gasteiger partial charge in [0.2, 0.25) is 5.91 Å². The van der Waals surface area contributed by atoms with Gasteiger partial charge in [-0.3, -0.25) is 14.5 Å². The van der Waals surface area contributed by atoms with E-state index < -0.39 is 23.4 Å². The monoisotopic (exact) mass is 419 g/mol. The van der Waals surface area contributed by atoms with Gasteiger partial charge in [0, 0.05) is 5.69 Å². The summed E-state index contributed by atoms with van der Waals surface area (Å²) in [5.74, 6) is -0.820. The third-order valence-electron chi connectivity index (χ3n) is 6.29. The second-order valence-electron chi connectivity index (χ2n) is 9.66. The van der Waals surface area contributed by atoms with Gasteiger partial charge in [-0.2, -0.15) is 0 Å². The van der Waals surface area contributed by atoms with Gasteiger partial charge in [0.25, 0.3) is 5.91 Å². The summed E-state index contributed by atoms with van der Waals surface area (Å²) >= 11 is 0. The molecule has 6 nitrogen and oxygen atoms in total. The molecule has 0 bridgehead atoms. The van der Waals surface area contributed by atoms with Gasteiger partial charge in [-0.1, -0.05) is 51.1 Å². The summed E-state index contributed by atoms with van der Waals surface area (Å²) in [6.45, 7) is 7.71. The molecule has 1 aliphatic carbocycles. The SMILES string of the molecule is CC(C)(C)c1ccc([C@]2(C)NC(=O)N(CC(=O)Nc3ccc4c(c3)CCC4)C2=O)cc1. The number of carbonyl (C=O) groups excluding carboxylic acids is 3. The maximum absolute atomic E-state index is 13.1. The minimum absolute atomic E-state index is 0.00987. The molecule has 31 heavy (non-hydrogen) atoms. The minimum atomic E-state index is -1.19. The Bertz CT molecular complexity index is 1050. The van der Waals surface area contributed by atoms with Crippen LogP contribution in [0.15, 0.2) is 42.5 Å². The topological polar surface area (TPSA) is 78.5 Å². The molecule has 162 valence electrons. The Morgan fingerprint density at radius 1 is 1.06 bits per heavy atom. The molecule has 2 N–H and O–H groups in total. The second-order valence-corrected chi connectivity index (χ2v) is 9.66. The molecule has 2 aliphatic rings. The molecule has 0 spiro atoms. The van der Waals surface area contributed by atoms with Crippen LogP contribution in [0.1, 0.15) is 56.4 Å². The summed E-state index contributed by atoms with van der Waals surface area (Å²) in [6, 6.07) is 13.0. The molecule has 1 fully saturated rings. The standard InChI is InChI=1S/C25H29N3O3/c1-24(2,3)18-9-11-19(12-10-18)25(4)22(30)28(23(31)27-25)15-21(29)26-20-13-8-16-6-5-7-17(16)14-20/h8-14H,5-7,15H2,1-4H3,(H,26,29)(H,27,31)/t25-/m0/s1. The van der Waals surface area contributed by atoms with Crippen LogP contribution in [0.4, 0.5) is 10.5 Å². The van der Waals surface area contributed by atoms with Crippen molar-refractivity contribution in [3.05, 3.63) is 64.7 Å². The first-order valence-corrected chi connectivity index (χ1v) is 10.7. The molecule has 1 heterocycles. The zero-order chi connectivity index (χ0) is 22.4. The van der Waals surface area contributed by atoms with E-state index in [1.807, 2.05) is 42.5 Å². The van der Waals surface area contributed by atoms with Crippen LogP contribution < -0.4 is 10.6 Å². The smallest absolute Gasteiger partial charge is 0.325 e. The Kier molecular flexibility index (Phi) is 5.12. The molecule has 1 atom stereocenters. The number of nitrogens with one attached hydrogen (secondary N) is 2. The number of amides is 4. The van der Waals surface area contributed by atoms with Crippen LogP contribution in [0.3, 0.4) is 0 Å². The lowest BCUT2D eigenvalue weighted by Gasteiger charge is -2.24. The molecule has 0 radical (unpaired) electrons. The highest BCUT2D eigenvalue weighted by Crippen LogP contribution is 2.31. The molecule has 0 aromatic heterocycles. The van der Waals surface area contributed by atoms with Crippen LogP contribution in [0, 0.1) is 0 Å². The van der Waals surface area contributed by atoms with E-state index in [4.69, 9.17) is 0 Å². The molecular formula is C25H29N3O3. The van der Waals surface area contributed by atoms with Gasteiger partial charge in [0.05, 0.1) is 0 Å². The number of rotatable bonds is 4. The molecular weight excluding hydrogens is 390 g/mol. The molecule has 0 saturated carbocycles. The van der Waals surface area contributed by atoms with Crippen LogP contribution >= 0.6 is 0 Å². The van der Waals surface area contributed by atoms with E-state index in [2.05, 4.69) is 31.4 Å². The third kappa shape index (κ3) is 3.94. The second kappa shape index (κ2) is 7.52. The predicted molar refractivity (Wildman–Crippen MR) is 120 cm³/mol. The van der Waals surface area contributed by atoms with Gasteiger partial charge in [-0.15, -0.1) is 0 Å². The van der Waals surface area contributed by atoms with E-state index in [0.29, 0.717) is 11.3 Å². The number of urea groups is 1. The highest BCUT2D eigenvalue weighted by atomic mass is 16.2. The van der Waals surface area contributed by atoms with E-state index in [1.54, 1.807) is 6.92 Å². The Balaban J connectivity index is 1.47. The van der Waals surface area contributed by atoms with Crippen molar-refractivity contribution in [1.29, 1.82) is 0 Å². The zero-order valence-electron chi connectivity index (χ0n) is 18.5. The highest BCUT2D eigenvalue weighted by molar-refractivity contribution is 6.10. The van der Waals surface area contributed by atoms with Crippen LogP contribution in [-0.2, 0) is 33.4 Å². The molecule has 2 aromatic rings. The van der Waals surface area contributed by atoms with E-state index in [0.717, 1.165) is 29.7 Å². The number of benzene rings is 2. The summed E-state index contributed by atoms with van der Waals surface area (Å²) in [5, 5.41) is 5.58. The van der Waals surface area contributed by atoms with Gasteiger partial charge in [-0.25, -0.2) is 4.79 Å². The van der Waals surface area contributed by atoms with Crippen LogP contribution in [0.2, 0.25) is 0 Å². The summed E-state index contributed by atoms with van der Waals surface area (Å²) in [5.41, 5.74) is 3.89. The Labute approximate surface area is 183 Å². The molecule has 1 aliphatic heterocycles. The van der Waals surface area contributed by atoms with Crippen molar-refractivity contribution in [2.45, 2.75) is 57.9 Å². The van der Waals surface area contributed by atoms with E-state index >= 15 is 0 Å². The fourth-order valence-electron chi connectivity index (χ4n) is 4.33. The quantitative estimate of drug-likeness (QED) is 0.739. The van der Waals surface area contributed by atoms with Crippen LogP contribution in [0.25, 0.3) is 0 Å². The van der Waals surface area contributed by atoms with E-state index in [-0.39, 0.29) is 12.0 Å². The fraction of sp³-hybridized carbons (Fsp3) is 0.400. The molecule has 0 unspecified atom stereocenters. The average Bonchev–Trinajstić information content (AvgIpc) is 3.26. The largest absolute Gasteiger partial charge is 0.325 e. The molecule has 4 amide bonds. The van der Waals surface area contributed by atoms with Crippen molar-refractivity contribution >= 4 is 23.5 Å². The lowest BCUT2D eigenvalue weighted by molar-refractivity contribution is -0.133. The summed E-state index contributed by atoms with van der Waals surface area (Å²) in [7, 11) is 0. The molecule has 1 saturated heterocycles. The van der Waals surface area contributed by atoms with Gasteiger partial charge >= 0.3 is 6.03 Å². The zero-order valence-corrected chi connectivity index (χ0v) is 18.5. The van der Waals surface area contributed by atoms with Gasteiger partial charge in [-0.05, 0) is 66.0 Å². The minimum Gasteiger partial charge on any atom is -0.325 e. The number of carbonyl (C=O) groups is 3. The first kappa shape index (κ1) is 21.1. The van der Waals surface area contributed by atoms with Crippen LogP contribution in [0.5, 0.6) is 0 Å². The molecule has 2 aromatic carbocycles. The van der Waals surface area contributed by atoms with E-state index in [1.165, 1.54) is 11.1 Å². The van der Waals surface area contributed by atoms with Crippen molar-refractivity contribution in [1.82, 2.24) is 10.2 Å². The normalized spacial score (nSPS) is 20.6. The number of aryl methyl sites for hydroxylation is 2. The van der Waals surface area contributed by atoms with Crippen LogP contribution in [-0.4, -0.2) is 29.3 Å². The van der Waals surface area contributed by atoms with Crippen molar-refractivity contribution in [2.24, 2.45) is 0 Å². The predicted octanol–water partition coefficient (Wildman–Crippen LogP) is 3.88. The summed E-state index contributed by atoms with van der Waals surface area (Å²) in [6.07, 6.45) is 3.21. The summed E-state index contributed by atoms with van der Waals surface area (Å²) in [4.78, 5) is 39.2. The number of anilines is 1. The lowest BCUT2D eigenvalue weighted by Crippen LogP contribution is -2.42. The van der Waals surface area contributed by atoms with Crippen molar-refractivity contribution < 1.29 is 14.4 Å². The lowest BCUT2D eigenvalue weighted by atomic mass is 9.84. The molecule has 6 heteroatoms. The Morgan fingerprint density at radius 2 is 1.74 bits per heavy atom. The van der Waals surface area contributed by atoms with Crippen molar-refractivity contribution in [3.8, 4) is 0 Å². The number of imide groups is 1. The molecule has 4 rings (SSSR count). The number of fused-ring (bicyclic) bond motifs is 1. The Hall–Kier alpha value is -3.15. The maximum Gasteiger partial charge on any atom is 0.325 e. The highest BCUT2D eigenvalue weighted by Gasteiger charge is 2.49. The average molecular weight is 420 g/mol. The fourth-order valence-corrected chi connectivity index (χ4v) is 4.33. The summed E-state index contributed by atoms with van der Waals surface area (Å²) < 4.78 is 0. The third-order valence-corrected chi connectivity index (χ3v) is 6.29. The van der Waals surface area contributed by atoms with Gasteiger partial charge in [0.15, 0.2) is 0 Å². The van der Waals surface area contributed by atoms with Crippen molar-refractivity contribution in [2.75, 3.05) is 11.9 Å². The first-order valence-electron chi connectivity index (χ1n) is 10.7. The maximum atomic E-state index is 13.1. The number of hydrogen-bond donors (Lipinski definition) is 2. The number of hydrogen-bond acceptors (Lipinski definition) is 3. The van der Waals surface area contributed by atoms with Gasteiger partial charge in [0.1, 0.15) is 12.1 Å². The van der Waals surface area contributed by atoms with E-state index in [9.17, 15) is 14.4 Å².